The Labute approximate surface area is 154 Å². The molecule has 2 aromatic rings. The summed E-state index contributed by atoms with van der Waals surface area (Å²) in [6.45, 7) is 1.06. The van der Waals surface area contributed by atoms with Gasteiger partial charge in [-0.25, -0.2) is 0 Å². The van der Waals surface area contributed by atoms with Crippen LogP contribution in [0.15, 0.2) is 42.5 Å². The Bertz CT molecular complexity index is 761. The van der Waals surface area contributed by atoms with Gasteiger partial charge in [0.2, 0.25) is 0 Å². The predicted molar refractivity (Wildman–Crippen MR) is 102 cm³/mol. The monoisotopic (exact) mass is 354 g/mol. The van der Waals surface area contributed by atoms with Crippen LogP contribution in [0, 0.1) is 0 Å². The third kappa shape index (κ3) is 4.35. The number of hydrogen-bond acceptors (Lipinski definition) is 4. The van der Waals surface area contributed by atoms with Gasteiger partial charge in [-0.15, -0.1) is 0 Å². The van der Waals surface area contributed by atoms with Crippen molar-refractivity contribution < 1.29 is 14.3 Å². The molecule has 0 aromatic heterocycles. The molecular weight excluding hydrogens is 328 g/mol. The molecule has 0 saturated carbocycles. The Morgan fingerprint density at radius 2 is 2.00 bits per heavy atom. The number of carbonyl (C=O) groups excluding carboxylic acids is 1. The van der Waals surface area contributed by atoms with Gasteiger partial charge in [-0.3, -0.25) is 4.79 Å². The highest BCUT2D eigenvalue weighted by atomic mass is 16.5. The highest BCUT2D eigenvalue weighted by molar-refractivity contribution is 5.95. The van der Waals surface area contributed by atoms with Gasteiger partial charge in [0.1, 0.15) is 0 Å². The van der Waals surface area contributed by atoms with Crippen molar-refractivity contribution in [2.75, 3.05) is 20.3 Å². The maximum absolute atomic E-state index is 12.7. The minimum absolute atomic E-state index is 0.0827. The molecule has 1 amide bonds. The van der Waals surface area contributed by atoms with E-state index in [2.05, 4.69) is 29.6 Å². The summed E-state index contributed by atoms with van der Waals surface area (Å²) in [5.74, 6) is 1.11. The fraction of sp³-hybridized carbons (Fsp3) is 0.381. The van der Waals surface area contributed by atoms with Crippen molar-refractivity contribution in [1.29, 1.82) is 0 Å². The van der Waals surface area contributed by atoms with E-state index in [4.69, 9.17) is 15.2 Å². The average molecular weight is 354 g/mol. The summed E-state index contributed by atoms with van der Waals surface area (Å²) < 4.78 is 11.0. The molecule has 1 aliphatic rings. The van der Waals surface area contributed by atoms with Gasteiger partial charge in [-0.2, -0.15) is 0 Å². The van der Waals surface area contributed by atoms with Crippen molar-refractivity contribution >= 4 is 5.91 Å². The normalized spacial score (nSPS) is 15.8. The van der Waals surface area contributed by atoms with Gasteiger partial charge < -0.3 is 20.5 Å². The summed E-state index contributed by atoms with van der Waals surface area (Å²) in [4.78, 5) is 12.7. The first-order valence-electron chi connectivity index (χ1n) is 9.10. The number of nitrogens with two attached hydrogens (primary N) is 1. The molecule has 2 aromatic carbocycles. The van der Waals surface area contributed by atoms with E-state index in [1.807, 2.05) is 0 Å². The number of rotatable bonds is 7. The number of aryl methyl sites for hydroxylation is 1. The Morgan fingerprint density at radius 1 is 1.19 bits per heavy atom. The van der Waals surface area contributed by atoms with E-state index in [1.165, 1.54) is 11.1 Å². The van der Waals surface area contributed by atoms with Gasteiger partial charge in [-0.1, -0.05) is 24.3 Å². The van der Waals surface area contributed by atoms with E-state index < -0.39 is 0 Å². The lowest BCUT2D eigenvalue weighted by molar-refractivity contribution is 0.0933. The standard InChI is InChI=1S/C21H26N2O3/c1-25-19-10-8-17(14-20(19)26-12-4-11-22)21(24)23-18-9-7-15-5-2-3-6-16(15)13-18/h2-3,5-6,8,10,14,18H,4,7,9,11-13,22H2,1H3,(H,23,24). The first-order chi connectivity index (χ1) is 12.7. The number of hydrogen-bond donors (Lipinski definition) is 2. The van der Waals surface area contributed by atoms with Crippen LogP contribution in [0.3, 0.4) is 0 Å². The summed E-state index contributed by atoms with van der Waals surface area (Å²) in [5.41, 5.74) is 8.79. The third-order valence-electron chi connectivity index (χ3n) is 4.71. The van der Waals surface area contributed by atoms with Crippen LogP contribution < -0.4 is 20.5 Å². The fourth-order valence-corrected chi connectivity index (χ4v) is 3.29. The Morgan fingerprint density at radius 3 is 2.77 bits per heavy atom. The number of nitrogens with one attached hydrogen (secondary N) is 1. The van der Waals surface area contributed by atoms with E-state index in [0.717, 1.165) is 25.7 Å². The Kier molecular flexibility index (Phi) is 6.12. The molecule has 0 aliphatic heterocycles. The minimum Gasteiger partial charge on any atom is -0.493 e. The number of fused-ring (bicyclic) bond motifs is 1. The zero-order valence-electron chi connectivity index (χ0n) is 15.2. The quantitative estimate of drug-likeness (QED) is 0.750. The fourth-order valence-electron chi connectivity index (χ4n) is 3.29. The zero-order valence-corrected chi connectivity index (χ0v) is 15.2. The number of amides is 1. The van der Waals surface area contributed by atoms with Crippen molar-refractivity contribution in [3.8, 4) is 11.5 Å². The third-order valence-corrected chi connectivity index (χ3v) is 4.71. The smallest absolute Gasteiger partial charge is 0.251 e. The number of ether oxygens (including phenoxy) is 2. The predicted octanol–water partition coefficient (Wildman–Crippen LogP) is 2.71. The number of methoxy groups -OCH3 is 1. The SMILES string of the molecule is COc1ccc(C(=O)NC2CCc3ccccc3C2)cc1OCCCN. The van der Waals surface area contributed by atoms with E-state index in [9.17, 15) is 4.79 Å². The summed E-state index contributed by atoms with van der Waals surface area (Å²) in [6.07, 6.45) is 3.58. The molecule has 138 valence electrons. The Hall–Kier alpha value is -2.53. The summed E-state index contributed by atoms with van der Waals surface area (Å²) in [7, 11) is 1.59. The van der Waals surface area contributed by atoms with E-state index in [0.29, 0.717) is 30.2 Å². The highest BCUT2D eigenvalue weighted by Gasteiger charge is 2.21. The molecule has 1 aliphatic carbocycles. The van der Waals surface area contributed by atoms with E-state index in [1.54, 1.807) is 25.3 Å². The maximum atomic E-state index is 12.7. The van der Waals surface area contributed by atoms with Crippen molar-refractivity contribution in [2.24, 2.45) is 5.73 Å². The van der Waals surface area contributed by atoms with Crippen LogP contribution in [0.5, 0.6) is 11.5 Å². The van der Waals surface area contributed by atoms with E-state index >= 15 is 0 Å². The van der Waals surface area contributed by atoms with Crippen LogP contribution in [-0.2, 0) is 12.8 Å². The maximum Gasteiger partial charge on any atom is 0.251 e. The first kappa shape index (κ1) is 18.3. The van der Waals surface area contributed by atoms with Gasteiger partial charge >= 0.3 is 0 Å². The molecule has 0 spiro atoms. The van der Waals surface area contributed by atoms with E-state index in [-0.39, 0.29) is 11.9 Å². The van der Waals surface area contributed by atoms with Crippen molar-refractivity contribution in [2.45, 2.75) is 31.7 Å². The lowest BCUT2D eigenvalue weighted by atomic mass is 9.88. The molecule has 1 atom stereocenters. The summed E-state index contributed by atoms with van der Waals surface area (Å²) in [6, 6.07) is 13.9. The van der Waals surface area contributed by atoms with Gasteiger partial charge in [-0.05, 0) is 61.6 Å². The Balaban J connectivity index is 1.67. The molecule has 3 rings (SSSR count). The first-order valence-corrected chi connectivity index (χ1v) is 9.10. The van der Waals surface area contributed by atoms with Crippen LogP contribution in [0.4, 0.5) is 0 Å². The molecule has 5 nitrogen and oxygen atoms in total. The van der Waals surface area contributed by atoms with Crippen molar-refractivity contribution in [3.05, 3.63) is 59.2 Å². The molecule has 0 radical (unpaired) electrons. The second-order valence-electron chi connectivity index (χ2n) is 6.54. The van der Waals surface area contributed by atoms with Gasteiger partial charge in [0, 0.05) is 11.6 Å². The van der Waals surface area contributed by atoms with Crippen LogP contribution in [0.2, 0.25) is 0 Å². The molecular formula is C21H26N2O3. The van der Waals surface area contributed by atoms with Crippen LogP contribution in [-0.4, -0.2) is 32.2 Å². The second kappa shape index (κ2) is 8.72. The molecule has 0 heterocycles. The number of benzene rings is 2. The molecule has 0 saturated heterocycles. The zero-order chi connectivity index (χ0) is 18.4. The minimum atomic E-state index is -0.0827. The topological polar surface area (TPSA) is 73.6 Å². The second-order valence-corrected chi connectivity index (χ2v) is 6.54. The van der Waals surface area contributed by atoms with Crippen molar-refractivity contribution in [1.82, 2.24) is 5.32 Å². The molecule has 0 fully saturated rings. The lowest BCUT2D eigenvalue weighted by Crippen LogP contribution is -2.38. The summed E-state index contributed by atoms with van der Waals surface area (Å²) >= 11 is 0. The molecule has 26 heavy (non-hydrogen) atoms. The van der Waals surface area contributed by atoms with Crippen LogP contribution in [0.25, 0.3) is 0 Å². The van der Waals surface area contributed by atoms with Crippen LogP contribution in [0.1, 0.15) is 34.3 Å². The van der Waals surface area contributed by atoms with Crippen LogP contribution >= 0.6 is 0 Å². The van der Waals surface area contributed by atoms with Gasteiger partial charge in [0.15, 0.2) is 11.5 Å². The number of carbonyl (C=O) groups is 1. The lowest BCUT2D eigenvalue weighted by Gasteiger charge is -2.25. The molecule has 0 bridgehead atoms. The largest absolute Gasteiger partial charge is 0.493 e. The summed E-state index contributed by atoms with van der Waals surface area (Å²) in [5, 5.41) is 3.15. The highest BCUT2D eigenvalue weighted by Crippen LogP contribution is 2.28. The molecule has 5 heteroatoms. The van der Waals surface area contributed by atoms with Gasteiger partial charge in [0.25, 0.3) is 5.91 Å². The molecule has 1 unspecified atom stereocenters. The molecule has 3 N–H and O–H groups in total. The van der Waals surface area contributed by atoms with Crippen molar-refractivity contribution in [3.63, 3.8) is 0 Å². The van der Waals surface area contributed by atoms with Gasteiger partial charge in [0.05, 0.1) is 13.7 Å². The average Bonchev–Trinajstić information content (AvgIpc) is 2.68.